The zero-order chi connectivity index (χ0) is 37.8. The molecule has 3 aromatic rings. The molecular formula is C40H57N5O6. The Balaban J connectivity index is 1.92. The summed E-state index contributed by atoms with van der Waals surface area (Å²) in [5.41, 5.74) is 9.76. The molecule has 278 valence electrons. The number of nitrogens with two attached hydrogens (primary N) is 1. The molecule has 3 rings (SSSR count). The molecule has 0 aromatic heterocycles. The van der Waals surface area contributed by atoms with Gasteiger partial charge in [0.25, 0.3) is 0 Å². The quantitative estimate of drug-likeness (QED) is 0.114. The van der Waals surface area contributed by atoms with E-state index in [4.69, 9.17) is 15.2 Å². The maximum Gasteiger partial charge on any atom is 0.407 e. The smallest absolute Gasteiger partial charge is 0.407 e. The van der Waals surface area contributed by atoms with Gasteiger partial charge in [-0.2, -0.15) is 0 Å². The number of nitrogens with one attached hydrogen (secondary N) is 4. The van der Waals surface area contributed by atoms with Crippen LogP contribution in [0, 0.1) is 10.8 Å². The average molecular weight is 704 g/mol. The molecule has 0 aliphatic rings. The van der Waals surface area contributed by atoms with Gasteiger partial charge >= 0.3 is 12.2 Å². The molecule has 0 aliphatic heterocycles. The molecular weight excluding hydrogens is 646 g/mol. The van der Waals surface area contributed by atoms with Crippen molar-refractivity contribution in [2.45, 2.75) is 91.1 Å². The van der Waals surface area contributed by atoms with E-state index >= 15 is 0 Å². The standard InChI is InChI=1S/C40H57N5O6/c1-39(2,3)34(44-37(48)50-7)25-42-32(22-27-17-19-28(20-18-27)29-15-12-16-30(41)23-29)33(46)24-31(21-26-13-10-9-11-14-26)43-36(47)35(40(4,5)6)45-38(49)51-8/h9-20,23,31-35,42,46H,21-22,24-25,41H2,1-8H3,(H,43,47)(H,44,48)(H,45,49)/t31-,32-,33-,34+,35+/m0/s1. The lowest BCUT2D eigenvalue weighted by Crippen LogP contribution is -2.57. The first-order valence-corrected chi connectivity index (χ1v) is 17.4. The predicted octanol–water partition coefficient (Wildman–Crippen LogP) is 5.46. The number of alkyl carbamates (subject to hydrolysis) is 2. The summed E-state index contributed by atoms with van der Waals surface area (Å²) >= 11 is 0. The Morgan fingerprint density at radius 1 is 0.725 bits per heavy atom. The van der Waals surface area contributed by atoms with Gasteiger partial charge in [0.1, 0.15) is 6.04 Å². The summed E-state index contributed by atoms with van der Waals surface area (Å²) in [5, 5.41) is 24.2. The second kappa shape index (κ2) is 18.6. The fourth-order valence-electron chi connectivity index (χ4n) is 5.88. The van der Waals surface area contributed by atoms with Gasteiger partial charge in [-0.25, -0.2) is 9.59 Å². The van der Waals surface area contributed by atoms with Gasteiger partial charge < -0.3 is 41.6 Å². The molecule has 0 bridgehead atoms. The minimum absolute atomic E-state index is 0.208. The SMILES string of the molecule is COC(=O)N[C@H](C(=O)N[C@@H](Cc1ccccc1)C[C@H](O)[C@H](Cc1ccc(-c2cccc(N)c2)cc1)NC[C@@H](NC(=O)OC)C(C)(C)C)C(C)(C)C. The van der Waals surface area contributed by atoms with Crippen molar-refractivity contribution in [3.05, 3.63) is 90.0 Å². The van der Waals surface area contributed by atoms with Crippen LogP contribution in [0.1, 0.15) is 59.1 Å². The molecule has 5 atom stereocenters. The number of nitrogen functional groups attached to an aromatic ring is 1. The van der Waals surface area contributed by atoms with Crippen molar-refractivity contribution in [2.24, 2.45) is 10.8 Å². The second-order valence-electron chi connectivity index (χ2n) is 15.2. The topological polar surface area (TPSA) is 164 Å². The van der Waals surface area contributed by atoms with Gasteiger partial charge in [0.15, 0.2) is 0 Å². The van der Waals surface area contributed by atoms with Crippen LogP contribution in [-0.4, -0.2) is 74.2 Å². The van der Waals surface area contributed by atoms with Gasteiger partial charge in [-0.15, -0.1) is 0 Å². The lowest BCUT2D eigenvalue weighted by atomic mass is 9.85. The minimum Gasteiger partial charge on any atom is -0.453 e. The van der Waals surface area contributed by atoms with E-state index in [1.165, 1.54) is 14.2 Å². The van der Waals surface area contributed by atoms with Gasteiger partial charge in [-0.3, -0.25) is 4.79 Å². The Hall–Kier alpha value is -4.61. The molecule has 7 N–H and O–H groups in total. The van der Waals surface area contributed by atoms with Crippen molar-refractivity contribution in [1.82, 2.24) is 21.3 Å². The lowest BCUT2D eigenvalue weighted by Gasteiger charge is -2.35. The molecule has 0 spiro atoms. The fraction of sp³-hybridized carbons (Fsp3) is 0.475. The number of aliphatic hydroxyl groups excluding tert-OH is 1. The fourth-order valence-corrected chi connectivity index (χ4v) is 5.88. The number of carbonyl (C=O) groups is 3. The number of aliphatic hydroxyl groups is 1. The van der Waals surface area contributed by atoms with Crippen molar-refractivity contribution < 1.29 is 29.0 Å². The Morgan fingerprint density at radius 3 is 1.90 bits per heavy atom. The first-order chi connectivity index (χ1) is 24.0. The summed E-state index contributed by atoms with van der Waals surface area (Å²) in [6.07, 6.45) is -1.04. The van der Waals surface area contributed by atoms with Crippen LogP contribution in [0.2, 0.25) is 0 Å². The average Bonchev–Trinajstić information content (AvgIpc) is 3.07. The molecule has 0 radical (unpaired) electrons. The van der Waals surface area contributed by atoms with Crippen LogP contribution < -0.4 is 27.0 Å². The minimum atomic E-state index is -0.923. The molecule has 11 heteroatoms. The molecule has 0 saturated carbocycles. The molecule has 51 heavy (non-hydrogen) atoms. The first-order valence-electron chi connectivity index (χ1n) is 17.4. The van der Waals surface area contributed by atoms with E-state index < -0.39 is 41.8 Å². The number of hydrogen-bond donors (Lipinski definition) is 6. The molecule has 3 amide bonds. The van der Waals surface area contributed by atoms with Crippen LogP contribution in [0.25, 0.3) is 11.1 Å². The highest BCUT2D eigenvalue weighted by atomic mass is 16.5. The van der Waals surface area contributed by atoms with Gasteiger partial charge in [-0.05, 0) is 64.5 Å². The largest absolute Gasteiger partial charge is 0.453 e. The molecule has 3 aromatic carbocycles. The highest BCUT2D eigenvalue weighted by Gasteiger charge is 2.35. The normalized spacial score (nSPS) is 14.7. The van der Waals surface area contributed by atoms with E-state index in [9.17, 15) is 19.5 Å². The second-order valence-corrected chi connectivity index (χ2v) is 15.2. The van der Waals surface area contributed by atoms with Gasteiger partial charge in [-0.1, -0.05) is 108 Å². The first kappa shape index (κ1) is 40.8. The molecule has 0 fully saturated rings. The lowest BCUT2D eigenvalue weighted by molar-refractivity contribution is -0.126. The Morgan fingerprint density at radius 2 is 1.33 bits per heavy atom. The summed E-state index contributed by atoms with van der Waals surface area (Å²) in [6.45, 7) is 12.0. The highest BCUT2D eigenvalue weighted by Crippen LogP contribution is 2.25. The maximum atomic E-state index is 13.8. The molecule has 0 aliphatic carbocycles. The number of carbonyl (C=O) groups excluding carboxylic acids is 3. The summed E-state index contributed by atoms with van der Waals surface area (Å²) in [7, 11) is 2.58. The number of methoxy groups -OCH3 is 2. The van der Waals surface area contributed by atoms with Gasteiger partial charge in [0.2, 0.25) is 5.91 Å². The zero-order valence-corrected chi connectivity index (χ0v) is 31.3. The van der Waals surface area contributed by atoms with Crippen molar-refractivity contribution in [3.8, 4) is 11.1 Å². The summed E-state index contributed by atoms with van der Waals surface area (Å²) in [6, 6.07) is 23.4. The third-order valence-corrected chi connectivity index (χ3v) is 8.97. The predicted molar refractivity (Wildman–Crippen MR) is 202 cm³/mol. The van der Waals surface area contributed by atoms with Gasteiger partial charge in [0, 0.05) is 30.4 Å². The van der Waals surface area contributed by atoms with Crippen LogP contribution in [-0.2, 0) is 27.1 Å². The molecule has 0 unspecified atom stereocenters. The third kappa shape index (κ3) is 13.2. The maximum absolute atomic E-state index is 13.8. The number of benzene rings is 3. The summed E-state index contributed by atoms with van der Waals surface area (Å²) < 4.78 is 9.69. The van der Waals surface area contributed by atoms with E-state index in [1.807, 2.05) is 120 Å². The van der Waals surface area contributed by atoms with Crippen LogP contribution in [0.5, 0.6) is 0 Å². The monoisotopic (exact) mass is 703 g/mol. The van der Waals surface area contributed by atoms with Crippen LogP contribution >= 0.6 is 0 Å². The van der Waals surface area contributed by atoms with Crippen LogP contribution in [0.15, 0.2) is 78.9 Å². The number of anilines is 1. The van der Waals surface area contributed by atoms with E-state index in [2.05, 4.69) is 21.3 Å². The van der Waals surface area contributed by atoms with Crippen molar-refractivity contribution in [1.29, 1.82) is 0 Å². The Labute approximate surface area is 303 Å². The number of hydrogen-bond acceptors (Lipinski definition) is 8. The van der Waals surface area contributed by atoms with Crippen molar-refractivity contribution in [2.75, 3.05) is 26.5 Å². The van der Waals surface area contributed by atoms with E-state index in [0.717, 1.165) is 22.3 Å². The molecule has 0 saturated heterocycles. The number of amides is 3. The third-order valence-electron chi connectivity index (χ3n) is 8.97. The van der Waals surface area contributed by atoms with E-state index in [-0.39, 0.29) is 23.8 Å². The van der Waals surface area contributed by atoms with Crippen molar-refractivity contribution >= 4 is 23.8 Å². The van der Waals surface area contributed by atoms with Crippen LogP contribution in [0.3, 0.4) is 0 Å². The van der Waals surface area contributed by atoms with E-state index in [0.29, 0.717) is 25.1 Å². The van der Waals surface area contributed by atoms with E-state index in [1.54, 1.807) is 0 Å². The molecule has 0 heterocycles. The zero-order valence-electron chi connectivity index (χ0n) is 31.3. The summed E-state index contributed by atoms with van der Waals surface area (Å²) in [4.78, 5) is 38.2. The Kier molecular flexibility index (Phi) is 14.9. The number of ether oxygens (including phenoxy) is 2. The van der Waals surface area contributed by atoms with Crippen LogP contribution in [0.4, 0.5) is 15.3 Å². The number of rotatable bonds is 15. The Bertz CT molecular complexity index is 1550. The molecule has 11 nitrogen and oxygen atoms in total. The summed E-state index contributed by atoms with van der Waals surface area (Å²) in [5.74, 6) is -0.377. The van der Waals surface area contributed by atoms with Gasteiger partial charge in [0.05, 0.1) is 20.3 Å². The van der Waals surface area contributed by atoms with Crippen molar-refractivity contribution in [3.63, 3.8) is 0 Å². The highest BCUT2D eigenvalue weighted by molar-refractivity contribution is 5.86.